The summed E-state index contributed by atoms with van der Waals surface area (Å²) in [5.74, 6) is 0.765. The van der Waals surface area contributed by atoms with Crippen molar-refractivity contribution < 1.29 is 5.11 Å². The minimum absolute atomic E-state index is 0.132. The fraction of sp³-hybridized carbons (Fsp3) is 0.333. The summed E-state index contributed by atoms with van der Waals surface area (Å²) in [4.78, 5) is 8.42. The fourth-order valence-electron chi connectivity index (χ4n) is 1.90. The van der Waals surface area contributed by atoms with Gasteiger partial charge in [0.15, 0.2) is 0 Å². The standard InChI is InChI=1S/C12H14N4O/c13-8-1-2-9-10(5-8)14-7-15-11(9)16-12(6-17)3-4-12/h1-2,5,7,17H,3-4,6,13H2,(H,14,15,16). The molecule has 5 nitrogen and oxygen atoms in total. The number of nitrogen functional groups attached to an aromatic ring is 1. The predicted octanol–water partition coefficient (Wildman–Crippen LogP) is 1.15. The Kier molecular flexibility index (Phi) is 2.16. The zero-order valence-corrected chi connectivity index (χ0v) is 9.35. The Bertz CT molecular complexity index is 565. The molecule has 88 valence electrons. The normalized spacial score (nSPS) is 17.0. The van der Waals surface area contributed by atoms with E-state index in [0.717, 1.165) is 29.6 Å². The van der Waals surface area contributed by atoms with E-state index in [0.29, 0.717) is 5.69 Å². The topological polar surface area (TPSA) is 84.1 Å². The molecule has 1 aliphatic rings. The molecule has 0 bridgehead atoms. The average Bonchev–Trinajstić information content (AvgIpc) is 3.09. The molecule has 0 aliphatic heterocycles. The number of hydrogen-bond acceptors (Lipinski definition) is 5. The van der Waals surface area contributed by atoms with Crippen LogP contribution in [0.25, 0.3) is 10.9 Å². The van der Waals surface area contributed by atoms with Crippen molar-refractivity contribution in [3.05, 3.63) is 24.5 Å². The number of nitrogens with one attached hydrogen (secondary N) is 1. The second-order valence-electron chi connectivity index (χ2n) is 4.56. The van der Waals surface area contributed by atoms with Crippen LogP contribution in [0.15, 0.2) is 24.5 Å². The van der Waals surface area contributed by atoms with Gasteiger partial charge in [0.1, 0.15) is 12.1 Å². The Labute approximate surface area is 98.7 Å². The fourth-order valence-corrected chi connectivity index (χ4v) is 1.90. The van der Waals surface area contributed by atoms with Gasteiger partial charge < -0.3 is 16.2 Å². The minimum Gasteiger partial charge on any atom is -0.399 e. The molecule has 1 saturated carbocycles. The van der Waals surface area contributed by atoms with E-state index in [1.54, 1.807) is 0 Å². The third-order valence-electron chi connectivity index (χ3n) is 3.20. The molecular weight excluding hydrogens is 216 g/mol. The van der Waals surface area contributed by atoms with Crippen molar-refractivity contribution in [1.29, 1.82) is 0 Å². The first-order chi connectivity index (χ1) is 8.22. The third kappa shape index (κ3) is 1.78. The summed E-state index contributed by atoms with van der Waals surface area (Å²) >= 11 is 0. The van der Waals surface area contributed by atoms with Gasteiger partial charge in [-0.1, -0.05) is 0 Å². The van der Waals surface area contributed by atoms with Crippen LogP contribution >= 0.6 is 0 Å². The maximum Gasteiger partial charge on any atom is 0.137 e. The van der Waals surface area contributed by atoms with Gasteiger partial charge in [-0.15, -0.1) is 0 Å². The van der Waals surface area contributed by atoms with Crippen molar-refractivity contribution in [2.24, 2.45) is 0 Å². The number of aliphatic hydroxyl groups is 1. The van der Waals surface area contributed by atoms with Crippen LogP contribution in [0, 0.1) is 0 Å². The van der Waals surface area contributed by atoms with Crippen LogP contribution in [0.2, 0.25) is 0 Å². The molecule has 0 spiro atoms. The highest BCUT2D eigenvalue weighted by Crippen LogP contribution is 2.39. The smallest absolute Gasteiger partial charge is 0.137 e. The number of aromatic nitrogens is 2. The molecule has 1 aromatic heterocycles. The lowest BCUT2D eigenvalue weighted by Crippen LogP contribution is -2.26. The van der Waals surface area contributed by atoms with E-state index in [2.05, 4.69) is 15.3 Å². The quantitative estimate of drug-likeness (QED) is 0.689. The average molecular weight is 230 g/mol. The van der Waals surface area contributed by atoms with Crippen molar-refractivity contribution >= 4 is 22.4 Å². The molecular formula is C12H14N4O. The molecule has 1 heterocycles. The lowest BCUT2D eigenvalue weighted by atomic mass is 10.2. The van der Waals surface area contributed by atoms with E-state index in [9.17, 15) is 5.11 Å². The number of benzene rings is 1. The van der Waals surface area contributed by atoms with Crippen molar-refractivity contribution in [3.63, 3.8) is 0 Å². The summed E-state index contributed by atoms with van der Waals surface area (Å²) in [7, 11) is 0. The number of fused-ring (bicyclic) bond motifs is 1. The van der Waals surface area contributed by atoms with Gasteiger partial charge in [0.2, 0.25) is 0 Å². The van der Waals surface area contributed by atoms with E-state index in [1.807, 2.05) is 18.2 Å². The van der Waals surface area contributed by atoms with Gasteiger partial charge >= 0.3 is 0 Å². The van der Waals surface area contributed by atoms with Crippen molar-refractivity contribution in [3.8, 4) is 0 Å². The first-order valence-electron chi connectivity index (χ1n) is 5.62. The molecule has 17 heavy (non-hydrogen) atoms. The molecule has 5 heteroatoms. The van der Waals surface area contributed by atoms with Gasteiger partial charge in [-0.3, -0.25) is 0 Å². The van der Waals surface area contributed by atoms with E-state index < -0.39 is 0 Å². The molecule has 0 atom stereocenters. The highest BCUT2D eigenvalue weighted by Gasteiger charge is 2.42. The Hall–Kier alpha value is -1.88. The van der Waals surface area contributed by atoms with Crippen LogP contribution < -0.4 is 11.1 Å². The van der Waals surface area contributed by atoms with Crippen LogP contribution in [0.3, 0.4) is 0 Å². The summed E-state index contributed by atoms with van der Waals surface area (Å²) in [6.45, 7) is 0.132. The summed E-state index contributed by atoms with van der Waals surface area (Å²) in [6, 6.07) is 5.55. The first kappa shape index (κ1) is 10.3. The number of nitrogens with two attached hydrogens (primary N) is 1. The Morgan fingerprint density at radius 3 is 2.88 bits per heavy atom. The van der Waals surface area contributed by atoms with Crippen molar-refractivity contribution in [2.75, 3.05) is 17.7 Å². The zero-order chi connectivity index (χ0) is 11.9. The van der Waals surface area contributed by atoms with E-state index in [1.165, 1.54) is 6.33 Å². The molecule has 1 aliphatic carbocycles. The summed E-state index contributed by atoms with van der Waals surface area (Å²) in [5.41, 5.74) is 7.04. The van der Waals surface area contributed by atoms with Crippen LogP contribution in [0.1, 0.15) is 12.8 Å². The molecule has 0 unspecified atom stereocenters. The van der Waals surface area contributed by atoms with Gasteiger partial charge in [-0.25, -0.2) is 9.97 Å². The maximum absolute atomic E-state index is 9.31. The van der Waals surface area contributed by atoms with E-state index >= 15 is 0 Å². The monoisotopic (exact) mass is 230 g/mol. The van der Waals surface area contributed by atoms with Crippen LogP contribution in [-0.2, 0) is 0 Å². The SMILES string of the molecule is Nc1ccc2c(NC3(CO)CC3)ncnc2c1. The molecule has 1 fully saturated rings. The molecule has 0 radical (unpaired) electrons. The Morgan fingerprint density at radius 1 is 1.35 bits per heavy atom. The lowest BCUT2D eigenvalue weighted by molar-refractivity contribution is 0.266. The van der Waals surface area contributed by atoms with Gasteiger partial charge in [0, 0.05) is 11.1 Å². The van der Waals surface area contributed by atoms with Crippen molar-refractivity contribution in [1.82, 2.24) is 9.97 Å². The molecule has 0 amide bonds. The summed E-state index contributed by atoms with van der Waals surface area (Å²) in [6.07, 6.45) is 3.46. The Balaban J connectivity index is 2.04. The number of anilines is 2. The second-order valence-corrected chi connectivity index (χ2v) is 4.56. The van der Waals surface area contributed by atoms with E-state index in [4.69, 9.17) is 5.73 Å². The highest BCUT2D eigenvalue weighted by molar-refractivity contribution is 5.91. The number of rotatable bonds is 3. The van der Waals surface area contributed by atoms with Crippen LogP contribution in [-0.4, -0.2) is 27.2 Å². The highest BCUT2D eigenvalue weighted by atomic mass is 16.3. The number of hydrogen-bond donors (Lipinski definition) is 3. The van der Waals surface area contributed by atoms with Crippen LogP contribution in [0.5, 0.6) is 0 Å². The first-order valence-corrected chi connectivity index (χ1v) is 5.62. The third-order valence-corrected chi connectivity index (χ3v) is 3.20. The number of nitrogens with zero attached hydrogens (tertiary/aromatic N) is 2. The minimum atomic E-state index is -0.178. The van der Waals surface area contributed by atoms with Gasteiger partial charge in [-0.2, -0.15) is 0 Å². The predicted molar refractivity (Wildman–Crippen MR) is 66.6 cm³/mol. The van der Waals surface area contributed by atoms with Gasteiger partial charge in [0.25, 0.3) is 0 Å². The zero-order valence-electron chi connectivity index (χ0n) is 9.35. The number of aliphatic hydroxyl groups excluding tert-OH is 1. The molecule has 1 aromatic carbocycles. The van der Waals surface area contributed by atoms with Crippen LogP contribution in [0.4, 0.5) is 11.5 Å². The molecule has 4 N–H and O–H groups in total. The van der Waals surface area contributed by atoms with Gasteiger partial charge in [-0.05, 0) is 31.0 Å². The molecule has 3 rings (SSSR count). The molecule has 0 saturated heterocycles. The maximum atomic E-state index is 9.31. The summed E-state index contributed by atoms with van der Waals surface area (Å²) in [5, 5.41) is 13.5. The van der Waals surface area contributed by atoms with Gasteiger partial charge in [0.05, 0.1) is 17.7 Å². The van der Waals surface area contributed by atoms with Crippen molar-refractivity contribution in [2.45, 2.75) is 18.4 Å². The van der Waals surface area contributed by atoms with E-state index in [-0.39, 0.29) is 12.1 Å². The Morgan fingerprint density at radius 2 is 2.18 bits per heavy atom. The second kappa shape index (κ2) is 3.56. The largest absolute Gasteiger partial charge is 0.399 e. The summed E-state index contributed by atoms with van der Waals surface area (Å²) < 4.78 is 0. The lowest BCUT2D eigenvalue weighted by Gasteiger charge is -2.16. The molecule has 2 aromatic rings.